The van der Waals surface area contributed by atoms with Crippen molar-refractivity contribution in [3.05, 3.63) is 40.3 Å². The third-order valence-electron chi connectivity index (χ3n) is 2.43. The largest absolute Gasteiger partial charge is 0.363 e. The number of rotatable bonds is 3. The van der Waals surface area contributed by atoms with Gasteiger partial charge in [-0.3, -0.25) is 4.79 Å². The Morgan fingerprint density at radius 2 is 2.11 bits per heavy atom. The molecule has 2 aromatic rings. The molecular formula is C12H12Cl2N4O. The first kappa shape index (κ1) is 13.7. The maximum Gasteiger partial charge on any atom is 0.272 e. The van der Waals surface area contributed by atoms with Gasteiger partial charge in [-0.25, -0.2) is 4.98 Å². The van der Waals surface area contributed by atoms with Gasteiger partial charge in [-0.1, -0.05) is 23.2 Å². The molecule has 0 saturated carbocycles. The van der Waals surface area contributed by atoms with Gasteiger partial charge in [-0.05, 0) is 18.2 Å². The molecule has 5 nitrogen and oxygen atoms in total. The number of aromatic amines is 1. The van der Waals surface area contributed by atoms with Gasteiger partial charge in [0.25, 0.3) is 5.91 Å². The van der Waals surface area contributed by atoms with Gasteiger partial charge in [-0.2, -0.15) is 0 Å². The molecule has 2 aromatic heterocycles. The number of amides is 1. The lowest BCUT2D eigenvalue weighted by atomic mass is 10.3. The van der Waals surface area contributed by atoms with Gasteiger partial charge < -0.3 is 15.2 Å². The summed E-state index contributed by atoms with van der Waals surface area (Å²) in [6.45, 7) is 0. The van der Waals surface area contributed by atoms with Crippen LogP contribution in [0.4, 0.5) is 11.5 Å². The number of anilines is 2. The zero-order valence-electron chi connectivity index (χ0n) is 10.4. The minimum Gasteiger partial charge on any atom is -0.363 e. The first-order valence-electron chi connectivity index (χ1n) is 5.46. The molecule has 2 heterocycles. The summed E-state index contributed by atoms with van der Waals surface area (Å²) in [5, 5.41) is 3.25. The van der Waals surface area contributed by atoms with Gasteiger partial charge in [0.15, 0.2) is 0 Å². The molecule has 0 fully saturated rings. The number of H-pyrrole nitrogens is 1. The topological polar surface area (TPSA) is 61.0 Å². The van der Waals surface area contributed by atoms with Gasteiger partial charge in [0.2, 0.25) is 0 Å². The molecule has 7 heteroatoms. The summed E-state index contributed by atoms with van der Waals surface area (Å²) in [5.41, 5.74) is 0.893. The van der Waals surface area contributed by atoms with E-state index in [9.17, 15) is 4.79 Å². The zero-order valence-corrected chi connectivity index (χ0v) is 11.9. The quantitative estimate of drug-likeness (QED) is 0.915. The average molecular weight is 299 g/mol. The van der Waals surface area contributed by atoms with E-state index in [2.05, 4.69) is 15.3 Å². The average Bonchev–Trinajstić information content (AvgIpc) is 2.70. The fraction of sp³-hybridized carbons (Fsp3) is 0.167. The van der Waals surface area contributed by atoms with Crippen LogP contribution in [0.2, 0.25) is 10.2 Å². The second-order valence-electron chi connectivity index (χ2n) is 4.10. The summed E-state index contributed by atoms with van der Waals surface area (Å²) in [7, 11) is 3.78. The van der Waals surface area contributed by atoms with E-state index in [4.69, 9.17) is 23.2 Å². The SMILES string of the molecule is CN(C)c1ccc(NC(=O)c2cc(Cl)c(Cl)[nH]2)cn1. The van der Waals surface area contributed by atoms with E-state index in [1.165, 1.54) is 6.07 Å². The van der Waals surface area contributed by atoms with Crippen molar-refractivity contribution in [2.75, 3.05) is 24.3 Å². The minimum absolute atomic E-state index is 0.243. The molecule has 2 rings (SSSR count). The molecule has 2 N–H and O–H groups in total. The first-order chi connectivity index (χ1) is 8.97. The van der Waals surface area contributed by atoms with Gasteiger partial charge in [-0.15, -0.1) is 0 Å². The highest BCUT2D eigenvalue weighted by molar-refractivity contribution is 6.41. The number of pyridine rings is 1. The molecule has 100 valence electrons. The monoisotopic (exact) mass is 298 g/mol. The Bertz CT molecular complexity index is 573. The fourth-order valence-electron chi connectivity index (χ4n) is 1.45. The summed E-state index contributed by atoms with van der Waals surface area (Å²) < 4.78 is 0. The van der Waals surface area contributed by atoms with Crippen LogP contribution in [0.3, 0.4) is 0 Å². The molecule has 0 aromatic carbocycles. The summed E-state index contributed by atoms with van der Waals surface area (Å²) in [5.74, 6) is 0.483. The Balaban J connectivity index is 2.10. The zero-order chi connectivity index (χ0) is 14.0. The number of halogens is 2. The van der Waals surface area contributed by atoms with Crippen molar-refractivity contribution in [2.24, 2.45) is 0 Å². The molecule has 0 atom stereocenters. The standard InChI is InChI=1S/C12H12Cl2N4O/c1-18(2)10-4-3-7(6-15-10)16-12(19)9-5-8(13)11(14)17-9/h3-6,17H,1-2H3,(H,16,19). The van der Waals surface area contributed by atoms with E-state index in [0.717, 1.165) is 5.82 Å². The van der Waals surface area contributed by atoms with Crippen LogP contribution in [0.25, 0.3) is 0 Å². The van der Waals surface area contributed by atoms with E-state index in [0.29, 0.717) is 16.4 Å². The Hall–Kier alpha value is -1.72. The minimum atomic E-state index is -0.326. The summed E-state index contributed by atoms with van der Waals surface area (Å²) in [6.07, 6.45) is 1.58. The first-order valence-corrected chi connectivity index (χ1v) is 6.21. The van der Waals surface area contributed by atoms with Crippen LogP contribution in [-0.4, -0.2) is 30.0 Å². The van der Waals surface area contributed by atoms with Crippen molar-refractivity contribution >= 4 is 40.6 Å². The maximum absolute atomic E-state index is 11.9. The number of hydrogen-bond acceptors (Lipinski definition) is 3. The summed E-state index contributed by atoms with van der Waals surface area (Å²) in [4.78, 5) is 20.7. The molecule has 0 bridgehead atoms. The third kappa shape index (κ3) is 3.19. The predicted octanol–water partition coefficient (Wildman–Crippen LogP) is 3.03. The second-order valence-corrected chi connectivity index (χ2v) is 4.88. The Labute approximate surface area is 120 Å². The van der Waals surface area contributed by atoms with E-state index in [1.54, 1.807) is 12.3 Å². The molecule has 0 radical (unpaired) electrons. The van der Waals surface area contributed by atoms with Crippen molar-refractivity contribution in [3.63, 3.8) is 0 Å². The number of nitrogens with zero attached hydrogens (tertiary/aromatic N) is 2. The summed E-state index contributed by atoms with van der Waals surface area (Å²) >= 11 is 11.5. The van der Waals surface area contributed by atoms with E-state index >= 15 is 0 Å². The number of nitrogens with one attached hydrogen (secondary N) is 2. The van der Waals surface area contributed by atoms with E-state index < -0.39 is 0 Å². The molecule has 0 aliphatic rings. The molecule has 0 spiro atoms. The highest BCUT2D eigenvalue weighted by Gasteiger charge is 2.12. The van der Waals surface area contributed by atoms with E-state index in [1.807, 2.05) is 25.1 Å². The third-order valence-corrected chi connectivity index (χ3v) is 3.13. The van der Waals surface area contributed by atoms with Crippen LogP contribution >= 0.6 is 23.2 Å². The molecule has 19 heavy (non-hydrogen) atoms. The van der Waals surface area contributed by atoms with E-state index in [-0.39, 0.29) is 11.1 Å². The van der Waals surface area contributed by atoms with Crippen molar-refractivity contribution < 1.29 is 4.79 Å². The van der Waals surface area contributed by atoms with Crippen LogP contribution in [0.5, 0.6) is 0 Å². The number of hydrogen-bond donors (Lipinski definition) is 2. The summed E-state index contributed by atoms with van der Waals surface area (Å²) in [6, 6.07) is 5.05. The Kier molecular flexibility index (Phi) is 3.97. The van der Waals surface area contributed by atoms with Gasteiger partial charge >= 0.3 is 0 Å². The van der Waals surface area contributed by atoms with Crippen molar-refractivity contribution in [1.29, 1.82) is 0 Å². The van der Waals surface area contributed by atoms with Crippen molar-refractivity contribution in [2.45, 2.75) is 0 Å². The highest BCUT2D eigenvalue weighted by Crippen LogP contribution is 2.22. The Morgan fingerprint density at radius 3 is 2.58 bits per heavy atom. The van der Waals surface area contributed by atoms with Gasteiger partial charge in [0, 0.05) is 14.1 Å². The van der Waals surface area contributed by atoms with Crippen LogP contribution in [0.1, 0.15) is 10.5 Å². The molecule has 0 aliphatic carbocycles. The molecule has 0 unspecified atom stereocenters. The number of aromatic nitrogens is 2. The van der Waals surface area contributed by atoms with Crippen LogP contribution in [0.15, 0.2) is 24.4 Å². The number of carbonyl (C=O) groups excluding carboxylic acids is 1. The van der Waals surface area contributed by atoms with Crippen LogP contribution < -0.4 is 10.2 Å². The van der Waals surface area contributed by atoms with Gasteiger partial charge in [0.1, 0.15) is 16.7 Å². The molecule has 0 aliphatic heterocycles. The lowest BCUT2D eigenvalue weighted by Crippen LogP contribution is -2.14. The van der Waals surface area contributed by atoms with Gasteiger partial charge in [0.05, 0.1) is 16.9 Å². The highest BCUT2D eigenvalue weighted by atomic mass is 35.5. The normalized spacial score (nSPS) is 10.3. The van der Waals surface area contributed by atoms with Crippen molar-refractivity contribution in [1.82, 2.24) is 9.97 Å². The second kappa shape index (κ2) is 5.50. The maximum atomic E-state index is 11.9. The van der Waals surface area contributed by atoms with Crippen LogP contribution in [-0.2, 0) is 0 Å². The lowest BCUT2D eigenvalue weighted by molar-refractivity contribution is 0.102. The smallest absolute Gasteiger partial charge is 0.272 e. The fourth-order valence-corrected chi connectivity index (χ4v) is 1.76. The van der Waals surface area contributed by atoms with Crippen LogP contribution in [0, 0.1) is 0 Å². The van der Waals surface area contributed by atoms with Crippen molar-refractivity contribution in [3.8, 4) is 0 Å². The predicted molar refractivity (Wildman–Crippen MR) is 77.3 cm³/mol. The number of carbonyl (C=O) groups is 1. The molecule has 1 amide bonds. The molecular weight excluding hydrogens is 287 g/mol. The Morgan fingerprint density at radius 1 is 1.37 bits per heavy atom. The molecule has 0 saturated heterocycles. The lowest BCUT2D eigenvalue weighted by Gasteiger charge is -2.11.